The number of carbonyl (C=O) groups is 1. The number of rotatable bonds is 7. The summed E-state index contributed by atoms with van der Waals surface area (Å²) in [5.74, 6) is -2.21. The molecule has 1 aromatic heterocycles. The van der Waals surface area contributed by atoms with Crippen molar-refractivity contribution in [2.75, 3.05) is 12.4 Å². The highest BCUT2D eigenvalue weighted by Gasteiger charge is 2.28. The Morgan fingerprint density at radius 1 is 0.912 bits per heavy atom. The summed E-state index contributed by atoms with van der Waals surface area (Å²) in [7, 11) is 1.35. The van der Waals surface area contributed by atoms with Crippen LogP contribution in [0.4, 0.5) is 14.5 Å². The second kappa shape index (κ2) is 10.2. The number of aromatic nitrogens is 1. The molecule has 0 aliphatic rings. The Morgan fingerprint density at radius 3 is 2.09 bits per heavy atom. The lowest BCUT2D eigenvalue weighted by atomic mass is 9.85. The van der Waals surface area contributed by atoms with Crippen LogP contribution in [0.5, 0.6) is 5.75 Å². The molecule has 0 saturated heterocycles. The third-order valence-electron chi connectivity index (χ3n) is 5.57. The Kier molecular flexibility index (Phi) is 6.94. The molecule has 0 saturated carbocycles. The van der Waals surface area contributed by atoms with Gasteiger partial charge in [0.2, 0.25) is 5.91 Å². The van der Waals surface area contributed by atoms with Gasteiger partial charge in [0.05, 0.1) is 31.1 Å². The monoisotopic (exact) mass is 459 g/mol. The number of halogens is 2. The Bertz CT molecular complexity index is 1240. The fourth-order valence-electron chi connectivity index (χ4n) is 3.93. The molecule has 1 atom stereocenters. The maximum atomic E-state index is 14.9. The van der Waals surface area contributed by atoms with Gasteiger partial charge >= 0.3 is 0 Å². The lowest BCUT2D eigenvalue weighted by molar-refractivity contribution is -0.117. The third kappa shape index (κ3) is 4.79. The van der Waals surface area contributed by atoms with Crippen LogP contribution in [0.3, 0.4) is 0 Å². The molecule has 4 aromatic rings. The fourth-order valence-corrected chi connectivity index (χ4v) is 3.93. The van der Waals surface area contributed by atoms with Gasteiger partial charge in [-0.05, 0) is 29.3 Å². The first kappa shape index (κ1) is 23.1. The van der Waals surface area contributed by atoms with Crippen LogP contribution in [0.2, 0.25) is 0 Å². The normalized spacial score (nSPS) is 11.8. The van der Waals surface area contributed by atoms with E-state index < -0.39 is 29.5 Å². The van der Waals surface area contributed by atoms with E-state index >= 15 is 0 Å². The lowest BCUT2D eigenvalue weighted by Crippen LogP contribution is -2.41. The molecule has 0 fully saturated rings. The molecule has 172 valence electrons. The first-order valence-electron chi connectivity index (χ1n) is 10.6. The SMILES string of the molecule is COc1cncc(F)c1-c1ccc(NC(=O)[C@@H](N)C(c2ccccc2)c2ccccc2)cc1F. The van der Waals surface area contributed by atoms with Gasteiger partial charge in [0.25, 0.3) is 0 Å². The highest BCUT2D eigenvalue weighted by atomic mass is 19.1. The average Bonchev–Trinajstić information content (AvgIpc) is 2.86. The van der Waals surface area contributed by atoms with E-state index in [2.05, 4.69) is 10.3 Å². The van der Waals surface area contributed by atoms with E-state index in [9.17, 15) is 13.6 Å². The summed E-state index contributed by atoms with van der Waals surface area (Å²) in [6.07, 6.45) is 2.29. The Morgan fingerprint density at radius 2 is 1.53 bits per heavy atom. The number of hydrogen-bond donors (Lipinski definition) is 2. The summed E-state index contributed by atoms with van der Waals surface area (Å²) < 4.78 is 34.4. The maximum Gasteiger partial charge on any atom is 0.242 e. The van der Waals surface area contributed by atoms with Crippen molar-refractivity contribution in [2.45, 2.75) is 12.0 Å². The van der Waals surface area contributed by atoms with Crippen molar-refractivity contribution in [1.29, 1.82) is 0 Å². The number of carbonyl (C=O) groups excluding carboxylic acids is 1. The van der Waals surface area contributed by atoms with Crippen LogP contribution in [-0.4, -0.2) is 24.0 Å². The third-order valence-corrected chi connectivity index (χ3v) is 5.57. The van der Waals surface area contributed by atoms with Crippen molar-refractivity contribution in [2.24, 2.45) is 5.73 Å². The summed E-state index contributed by atoms with van der Waals surface area (Å²) in [5, 5.41) is 2.68. The van der Waals surface area contributed by atoms with Gasteiger partial charge in [-0.3, -0.25) is 9.78 Å². The topological polar surface area (TPSA) is 77.2 Å². The van der Waals surface area contributed by atoms with E-state index in [1.54, 1.807) is 0 Å². The number of nitrogens with zero attached hydrogens (tertiary/aromatic N) is 1. The van der Waals surface area contributed by atoms with Gasteiger partial charge < -0.3 is 15.8 Å². The van der Waals surface area contributed by atoms with Gasteiger partial charge in [-0.15, -0.1) is 0 Å². The Balaban J connectivity index is 1.60. The molecule has 0 spiro atoms. The molecule has 0 radical (unpaired) electrons. The second-order valence-electron chi connectivity index (χ2n) is 7.71. The van der Waals surface area contributed by atoms with Gasteiger partial charge in [-0.25, -0.2) is 8.78 Å². The zero-order valence-electron chi connectivity index (χ0n) is 18.4. The van der Waals surface area contributed by atoms with E-state index in [1.807, 2.05) is 60.7 Å². The minimum atomic E-state index is -0.940. The summed E-state index contributed by atoms with van der Waals surface area (Å²) in [4.78, 5) is 16.8. The van der Waals surface area contributed by atoms with Gasteiger partial charge in [0, 0.05) is 17.2 Å². The van der Waals surface area contributed by atoms with Crippen molar-refractivity contribution in [3.63, 3.8) is 0 Å². The molecular weight excluding hydrogens is 436 g/mol. The molecule has 0 aliphatic carbocycles. The molecule has 0 unspecified atom stereocenters. The van der Waals surface area contributed by atoms with E-state index in [-0.39, 0.29) is 22.6 Å². The quantitative estimate of drug-likeness (QED) is 0.402. The van der Waals surface area contributed by atoms with E-state index in [0.717, 1.165) is 23.4 Å². The van der Waals surface area contributed by atoms with Crippen molar-refractivity contribution >= 4 is 11.6 Å². The largest absolute Gasteiger partial charge is 0.494 e. The highest BCUT2D eigenvalue weighted by molar-refractivity contribution is 5.96. The first-order valence-corrected chi connectivity index (χ1v) is 10.6. The van der Waals surface area contributed by atoms with Gasteiger partial charge in [0.15, 0.2) is 5.82 Å². The fraction of sp³-hybridized carbons (Fsp3) is 0.111. The van der Waals surface area contributed by atoms with Crippen molar-refractivity contribution in [1.82, 2.24) is 4.98 Å². The van der Waals surface area contributed by atoms with Crippen LogP contribution in [-0.2, 0) is 4.79 Å². The average molecular weight is 459 g/mol. The van der Waals surface area contributed by atoms with Crippen molar-refractivity contribution in [3.05, 3.63) is 114 Å². The minimum Gasteiger partial charge on any atom is -0.494 e. The number of benzene rings is 3. The number of amides is 1. The molecule has 1 heterocycles. The van der Waals surface area contributed by atoms with Crippen molar-refractivity contribution in [3.8, 4) is 16.9 Å². The van der Waals surface area contributed by atoms with Crippen LogP contribution in [0, 0.1) is 11.6 Å². The van der Waals surface area contributed by atoms with Gasteiger partial charge in [-0.2, -0.15) is 0 Å². The summed E-state index contributed by atoms with van der Waals surface area (Å²) in [5.41, 5.74) is 8.34. The summed E-state index contributed by atoms with van der Waals surface area (Å²) in [6, 6.07) is 22.0. The zero-order chi connectivity index (χ0) is 24.1. The molecule has 5 nitrogen and oxygen atoms in total. The van der Waals surface area contributed by atoms with Crippen LogP contribution in [0.15, 0.2) is 91.3 Å². The number of pyridine rings is 1. The maximum absolute atomic E-state index is 14.9. The zero-order valence-corrected chi connectivity index (χ0v) is 18.4. The van der Waals surface area contributed by atoms with Crippen LogP contribution in [0.25, 0.3) is 11.1 Å². The molecule has 3 N–H and O–H groups in total. The van der Waals surface area contributed by atoms with Crippen molar-refractivity contribution < 1.29 is 18.3 Å². The Labute approximate surface area is 196 Å². The highest BCUT2D eigenvalue weighted by Crippen LogP contribution is 2.34. The number of nitrogens with one attached hydrogen (secondary N) is 1. The first-order chi connectivity index (χ1) is 16.5. The predicted octanol–water partition coefficient (Wildman–Crippen LogP) is 5.13. The lowest BCUT2D eigenvalue weighted by Gasteiger charge is -2.24. The second-order valence-corrected chi connectivity index (χ2v) is 7.71. The number of anilines is 1. The molecule has 7 heteroatoms. The molecule has 3 aromatic carbocycles. The molecule has 0 bridgehead atoms. The molecule has 34 heavy (non-hydrogen) atoms. The van der Waals surface area contributed by atoms with E-state index in [0.29, 0.717) is 0 Å². The molecule has 4 rings (SSSR count). The van der Waals surface area contributed by atoms with Gasteiger partial charge in [-0.1, -0.05) is 60.7 Å². The van der Waals surface area contributed by atoms with E-state index in [4.69, 9.17) is 10.5 Å². The number of ether oxygens (including phenoxy) is 1. The number of hydrogen-bond acceptors (Lipinski definition) is 4. The summed E-state index contributed by atoms with van der Waals surface area (Å²) >= 11 is 0. The van der Waals surface area contributed by atoms with E-state index in [1.165, 1.54) is 25.4 Å². The predicted molar refractivity (Wildman–Crippen MR) is 127 cm³/mol. The molecule has 1 amide bonds. The molecule has 0 aliphatic heterocycles. The Hall–Kier alpha value is -4.10. The minimum absolute atomic E-state index is 0.00880. The summed E-state index contributed by atoms with van der Waals surface area (Å²) in [6.45, 7) is 0. The van der Waals surface area contributed by atoms with Crippen LogP contribution < -0.4 is 15.8 Å². The molecular formula is C27H23F2N3O2. The standard InChI is InChI=1S/C27H23F2N3O2/c1-34-23-16-31-15-22(29)25(23)20-13-12-19(14-21(20)28)32-27(33)26(30)24(17-8-4-2-5-9-17)18-10-6-3-7-11-18/h2-16,24,26H,30H2,1H3,(H,32,33)/t26-/m0/s1. The smallest absolute Gasteiger partial charge is 0.242 e. The van der Waals surface area contributed by atoms with Gasteiger partial charge in [0.1, 0.15) is 11.6 Å². The number of methoxy groups -OCH3 is 1. The van der Waals surface area contributed by atoms with Crippen LogP contribution in [0.1, 0.15) is 17.0 Å². The van der Waals surface area contributed by atoms with Crippen LogP contribution >= 0.6 is 0 Å². The number of nitrogens with two attached hydrogens (primary N) is 1.